The molecule has 0 aliphatic heterocycles. The first-order valence-corrected chi connectivity index (χ1v) is 28.3. The molecule has 384 valence electrons. The lowest BCUT2D eigenvalue weighted by molar-refractivity contribution is 0.0792. The molecule has 3 heterocycles. The number of nitrogens with zero attached hydrogens (tertiary/aromatic N) is 3. The topological polar surface area (TPSA) is 65.0 Å². The third-order valence-electron chi connectivity index (χ3n) is 17.3. The highest BCUT2D eigenvalue weighted by Crippen LogP contribution is 2.51. The average Bonchev–Trinajstić information content (AvgIpc) is 3.60. The number of carbonyl (C=O) groups is 1. The van der Waals surface area contributed by atoms with Gasteiger partial charge in [-0.2, -0.15) is 0 Å². The van der Waals surface area contributed by atoms with E-state index in [9.17, 15) is 4.79 Å². The van der Waals surface area contributed by atoms with E-state index >= 15 is 0 Å². The Balaban J connectivity index is 0.00000189. The molecular formula is C73H65N3O2. The van der Waals surface area contributed by atoms with Crippen molar-refractivity contribution in [3.63, 3.8) is 0 Å². The molecule has 7 aliphatic carbocycles. The van der Waals surface area contributed by atoms with Crippen LogP contribution < -0.4 is 0 Å². The van der Waals surface area contributed by atoms with Crippen LogP contribution >= 0.6 is 0 Å². The standard InChI is InChI=1S/C71H59N3O.C2H6O/c75-71-60-38-59(39-60)63-28-26-55(40-66(63)71)69-30-20-46(43-73-69)16-18-48-31-47(17-15-45-19-29-68(72-42-45)54-25-27-61-56-34-49(35-56)36-58(61)37-54)32-57(33-48)62-13-7-8-14-64(62)67-44-74-70(53-11-5-2-6-12-53)41-65(67)52-23-21-51(22-24-52)50-9-3-1-4-10-50;1-3-2/h2-3,5-14,19-33,37,40-44,49,56,59-60H,1,4,15-18,34-36,38-39H2;1-2H3. The van der Waals surface area contributed by atoms with Crippen LogP contribution in [0.15, 0.2) is 201 Å². The molecule has 0 saturated heterocycles. The van der Waals surface area contributed by atoms with E-state index in [0.717, 1.165) is 119 Å². The molecule has 78 heavy (non-hydrogen) atoms. The van der Waals surface area contributed by atoms with Gasteiger partial charge in [0.15, 0.2) is 5.78 Å². The summed E-state index contributed by atoms with van der Waals surface area (Å²) in [5.74, 6) is 2.72. The third-order valence-corrected chi connectivity index (χ3v) is 17.3. The molecule has 6 aromatic carbocycles. The van der Waals surface area contributed by atoms with Crippen LogP contribution in [0.3, 0.4) is 0 Å². The van der Waals surface area contributed by atoms with Crippen molar-refractivity contribution in [2.45, 2.75) is 82.5 Å². The second-order valence-electron chi connectivity index (χ2n) is 22.5. The van der Waals surface area contributed by atoms with Crippen molar-refractivity contribution in [2.75, 3.05) is 14.2 Å². The van der Waals surface area contributed by atoms with Gasteiger partial charge in [-0.3, -0.25) is 19.7 Å². The number of aromatic nitrogens is 3. The maximum atomic E-state index is 13.1. The van der Waals surface area contributed by atoms with Gasteiger partial charge < -0.3 is 4.74 Å². The number of allylic oxidation sites excluding steroid dienone is 4. The van der Waals surface area contributed by atoms with E-state index in [0.29, 0.717) is 11.7 Å². The Morgan fingerprint density at radius 2 is 1.04 bits per heavy atom. The zero-order chi connectivity index (χ0) is 52.5. The fourth-order valence-electron chi connectivity index (χ4n) is 13.0. The van der Waals surface area contributed by atoms with Crippen LogP contribution in [-0.2, 0) is 36.8 Å². The number of aryl methyl sites for hydroxylation is 4. The minimum atomic E-state index is 0.214. The Kier molecular flexibility index (Phi) is 13.8. The molecule has 0 spiro atoms. The zero-order valence-corrected chi connectivity index (χ0v) is 44.8. The number of ketones is 1. The molecule has 4 bridgehead atoms. The number of ether oxygens (including phenoxy) is 1. The summed E-state index contributed by atoms with van der Waals surface area (Å²) in [6, 6.07) is 60.3. The second kappa shape index (κ2) is 21.7. The maximum absolute atomic E-state index is 13.1. The summed E-state index contributed by atoms with van der Waals surface area (Å²) in [6.07, 6.45) is 24.8. The number of Topliss-reactive ketones (excluding diaryl/α,β-unsaturated/α-hetero) is 1. The van der Waals surface area contributed by atoms with E-state index in [2.05, 4.69) is 199 Å². The van der Waals surface area contributed by atoms with Crippen LogP contribution in [0, 0.1) is 11.8 Å². The van der Waals surface area contributed by atoms with Crippen LogP contribution in [-0.4, -0.2) is 35.0 Å². The van der Waals surface area contributed by atoms with Crippen LogP contribution in [0.2, 0.25) is 0 Å². The fourth-order valence-corrected chi connectivity index (χ4v) is 13.0. The number of hydrogen-bond donors (Lipinski definition) is 0. The summed E-state index contributed by atoms with van der Waals surface area (Å²) in [5.41, 5.74) is 26.1. The first-order chi connectivity index (χ1) is 38.4. The Bertz CT molecular complexity index is 3730. The first kappa shape index (κ1) is 49.5. The van der Waals surface area contributed by atoms with Crippen molar-refractivity contribution in [3.05, 3.63) is 251 Å². The Labute approximate surface area is 459 Å². The zero-order valence-electron chi connectivity index (χ0n) is 44.8. The molecule has 0 N–H and O–H groups in total. The van der Waals surface area contributed by atoms with Crippen molar-refractivity contribution >= 4 is 11.4 Å². The number of pyridine rings is 3. The molecule has 2 fully saturated rings. The van der Waals surface area contributed by atoms with Crippen molar-refractivity contribution in [2.24, 2.45) is 11.8 Å². The van der Waals surface area contributed by atoms with Crippen LogP contribution in [0.25, 0.3) is 72.7 Å². The van der Waals surface area contributed by atoms with Gasteiger partial charge in [-0.05, 0) is 197 Å². The minimum absolute atomic E-state index is 0.214. The van der Waals surface area contributed by atoms with E-state index in [4.69, 9.17) is 15.0 Å². The molecule has 7 aliphatic rings. The van der Waals surface area contributed by atoms with Gasteiger partial charge in [-0.15, -0.1) is 0 Å². The van der Waals surface area contributed by atoms with Gasteiger partial charge in [0.05, 0.1) is 17.1 Å². The van der Waals surface area contributed by atoms with Gasteiger partial charge in [0, 0.05) is 66.5 Å². The number of methoxy groups -OCH3 is 1. The second-order valence-corrected chi connectivity index (χ2v) is 22.5. The number of benzene rings is 6. The predicted octanol–water partition coefficient (Wildman–Crippen LogP) is 17.2. The van der Waals surface area contributed by atoms with Crippen molar-refractivity contribution in [1.29, 1.82) is 0 Å². The quantitative estimate of drug-likeness (QED) is 0.115. The molecule has 0 amide bonds. The van der Waals surface area contributed by atoms with E-state index in [1.54, 1.807) is 19.8 Å². The molecule has 16 rings (SSSR count). The largest absolute Gasteiger partial charge is 0.388 e. The van der Waals surface area contributed by atoms with Gasteiger partial charge in [-0.25, -0.2) is 0 Å². The normalized spacial score (nSPS) is 18.3. The Morgan fingerprint density at radius 1 is 0.436 bits per heavy atom. The smallest absolute Gasteiger partial charge is 0.166 e. The maximum Gasteiger partial charge on any atom is 0.166 e. The van der Waals surface area contributed by atoms with E-state index in [1.807, 2.05) is 6.20 Å². The minimum Gasteiger partial charge on any atom is -0.388 e. The van der Waals surface area contributed by atoms with Gasteiger partial charge in [-0.1, -0.05) is 152 Å². The summed E-state index contributed by atoms with van der Waals surface area (Å²) < 4.78 is 4.25. The molecule has 9 aromatic rings. The van der Waals surface area contributed by atoms with Gasteiger partial charge >= 0.3 is 0 Å². The average molecular weight is 1020 g/mol. The highest BCUT2D eigenvalue weighted by atomic mass is 16.4. The van der Waals surface area contributed by atoms with Crippen LogP contribution in [0.4, 0.5) is 0 Å². The highest BCUT2D eigenvalue weighted by molar-refractivity contribution is 6.03. The summed E-state index contributed by atoms with van der Waals surface area (Å²) in [6.45, 7) is 0. The van der Waals surface area contributed by atoms with Gasteiger partial charge in [0.2, 0.25) is 0 Å². The van der Waals surface area contributed by atoms with Crippen LogP contribution in [0.1, 0.15) is 105 Å². The lowest BCUT2D eigenvalue weighted by atomic mass is 9.62. The van der Waals surface area contributed by atoms with Crippen molar-refractivity contribution in [3.8, 4) is 67.2 Å². The lowest BCUT2D eigenvalue weighted by Gasteiger charge is -2.42. The summed E-state index contributed by atoms with van der Waals surface area (Å²) in [5, 5.41) is 0. The lowest BCUT2D eigenvalue weighted by Crippen LogP contribution is -2.36. The van der Waals surface area contributed by atoms with Crippen LogP contribution in [0.5, 0.6) is 0 Å². The molecule has 2 saturated carbocycles. The van der Waals surface area contributed by atoms with Crippen molar-refractivity contribution in [1.82, 2.24) is 15.0 Å². The molecular weight excluding hydrogens is 951 g/mol. The number of rotatable bonds is 13. The summed E-state index contributed by atoms with van der Waals surface area (Å²) in [4.78, 5) is 28.3. The number of hydrogen-bond acceptors (Lipinski definition) is 5. The first-order valence-electron chi connectivity index (χ1n) is 28.3. The summed E-state index contributed by atoms with van der Waals surface area (Å²) in [7, 11) is 3.25. The van der Waals surface area contributed by atoms with Gasteiger partial charge in [0.1, 0.15) is 0 Å². The van der Waals surface area contributed by atoms with Crippen molar-refractivity contribution < 1.29 is 9.53 Å². The molecule has 5 nitrogen and oxygen atoms in total. The molecule has 0 unspecified atom stereocenters. The third kappa shape index (κ3) is 10.0. The molecule has 3 aromatic heterocycles. The van der Waals surface area contributed by atoms with Gasteiger partial charge in [0.25, 0.3) is 0 Å². The monoisotopic (exact) mass is 1020 g/mol. The highest BCUT2D eigenvalue weighted by Gasteiger charge is 2.43. The fraction of sp³-hybridized carbons (Fsp3) is 0.233. The SMILES string of the molecule is COC.O=C1c2cc(-c3ccc(CCc4cc(CCc5ccc(-c6ccc7c(c6)CC6CC7C6)nc5)cc(-c5ccccc5-c5cnc(-c6ccccc6)cc5-c5ccc(C6=CCCC=C6)cc5)c4)cn3)ccc2C2CC1C2. The molecule has 0 radical (unpaired) electrons. The van der Waals surface area contributed by atoms with E-state index in [-0.39, 0.29) is 5.92 Å². The predicted molar refractivity (Wildman–Crippen MR) is 318 cm³/mol. The molecule has 0 atom stereocenters. The molecule has 5 heteroatoms. The number of carbonyl (C=O) groups excluding carboxylic acids is 1. The van der Waals surface area contributed by atoms with E-state index < -0.39 is 0 Å². The Hall–Kier alpha value is -8.12. The summed E-state index contributed by atoms with van der Waals surface area (Å²) >= 11 is 0. The Morgan fingerprint density at radius 3 is 1.71 bits per heavy atom. The van der Waals surface area contributed by atoms with E-state index in [1.165, 1.54) is 80.5 Å².